The number of aliphatic hydroxyl groups excluding tert-OH is 1. The molecule has 0 aliphatic rings. The van der Waals surface area contributed by atoms with Crippen LogP contribution >= 0.6 is 0 Å². The molecule has 0 rings (SSSR count). The van der Waals surface area contributed by atoms with Crippen molar-refractivity contribution in [2.75, 3.05) is 6.54 Å². The van der Waals surface area contributed by atoms with Gasteiger partial charge >= 0.3 is 0 Å². The molecule has 5 heteroatoms. The summed E-state index contributed by atoms with van der Waals surface area (Å²) in [5.74, 6) is 5.12. The Balaban J connectivity index is 3.94. The van der Waals surface area contributed by atoms with Crippen LogP contribution in [0.3, 0.4) is 0 Å². The summed E-state index contributed by atoms with van der Waals surface area (Å²) in [6.45, 7) is 6.05. The Hall–Kier alpha value is -0.810. The van der Waals surface area contributed by atoms with Crippen LogP contribution in [0.15, 0.2) is 4.99 Å². The van der Waals surface area contributed by atoms with Gasteiger partial charge in [-0.25, -0.2) is 10.8 Å². The maximum absolute atomic E-state index is 9.50. The van der Waals surface area contributed by atoms with Gasteiger partial charge in [-0.15, -0.1) is 0 Å². The van der Waals surface area contributed by atoms with E-state index >= 15 is 0 Å². The molecule has 1 atom stereocenters. The fraction of sp³-hybridized carbons (Fsp3) is 0.857. The summed E-state index contributed by atoms with van der Waals surface area (Å²) in [5, 5.41) is 9.50. The summed E-state index contributed by atoms with van der Waals surface area (Å²) in [5.41, 5.74) is 7.27. The standard InChI is InChI=1S/C7H18N4O/c1-7(2,3)5(12)4-10-6(8)11-9/h5,12H,4,9H2,1-3H3,(H3,8,10,11). The summed E-state index contributed by atoms with van der Waals surface area (Å²) >= 11 is 0. The minimum atomic E-state index is -0.510. The van der Waals surface area contributed by atoms with E-state index in [1.807, 2.05) is 20.8 Å². The number of hydrogen-bond donors (Lipinski definition) is 4. The summed E-state index contributed by atoms with van der Waals surface area (Å²) < 4.78 is 0. The molecule has 0 heterocycles. The molecule has 0 saturated heterocycles. The van der Waals surface area contributed by atoms with Crippen molar-refractivity contribution in [3.8, 4) is 0 Å². The molecule has 0 aliphatic carbocycles. The Labute approximate surface area is 72.8 Å². The molecule has 0 aromatic heterocycles. The molecule has 0 aromatic carbocycles. The Morgan fingerprint density at radius 1 is 1.58 bits per heavy atom. The summed E-state index contributed by atoms with van der Waals surface area (Å²) in [7, 11) is 0. The first-order valence-electron chi connectivity index (χ1n) is 3.82. The van der Waals surface area contributed by atoms with E-state index in [1.54, 1.807) is 0 Å². The molecular weight excluding hydrogens is 156 g/mol. The molecule has 0 saturated carbocycles. The third kappa shape index (κ3) is 4.15. The van der Waals surface area contributed by atoms with Crippen LogP contribution in [0.4, 0.5) is 0 Å². The van der Waals surface area contributed by atoms with Gasteiger partial charge in [-0.3, -0.25) is 5.43 Å². The van der Waals surface area contributed by atoms with E-state index in [4.69, 9.17) is 11.6 Å². The summed E-state index contributed by atoms with van der Waals surface area (Å²) in [6.07, 6.45) is -0.510. The van der Waals surface area contributed by atoms with Gasteiger partial charge in [-0.1, -0.05) is 20.8 Å². The maximum Gasteiger partial charge on any atom is 0.203 e. The lowest BCUT2D eigenvalue weighted by Gasteiger charge is -2.24. The third-order valence-electron chi connectivity index (χ3n) is 1.58. The number of nitrogens with zero attached hydrogens (tertiary/aromatic N) is 1. The Kier molecular flexibility index (Phi) is 3.99. The molecule has 12 heavy (non-hydrogen) atoms. The Bertz CT molecular complexity index is 161. The molecule has 0 spiro atoms. The van der Waals surface area contributed by atoms with Crippen LogP contribution in [0.1, 0.15) is 20.8 Å². The number of nitrogens with one attached hydrogen (secondary N) is 1. The lowest BCUT2D eigenvalue weighted by molar-refractivity contribution is 0.0713. The number of rotatable bonds is 2. The SMILES string of the molecule is CC(C)(C)C(O)CN=C(N)NN. The second kappa shape index (κ2) is 4.27. The second-order valence-electron chi connectivity index (χ2n) is 3.75. The fourth-order valence-electron chi connectivity index (χ4n) is 0.504. The minimum absolute atomic E-state index is 0.137. The molecule has 6 N–H and O–H groups in total. The van der Waals surface area contributed by atoms with Gasteiger partial charge in [-0.05, 0) is 5.41 Å². The average Bonchev–Trinajstić information content (AvgIpc) is 1.97. The van der Waals surface area contributed by atoms with Crippen LogP contribution < -0.4 is 17.0 Å². The predicted molar refractivity (Wildman–Crippen MR) is 49.3 cm³/mol. The monoisotopic (exact) mass is 174 g/mol. The maximum atomic E-state index is 9.50. The lowest BCUT2D eigenvalue weighted by Crippen LogP contribution is -2.38. The van der Waals surface area contributed by atoms with E-state index in [1.165, 1.54) is 0 Å². The topological polar surface area (TPSA) is 96.7 Å². The van der Waals surface area contributed by atoms with Crippen molar-refractivity contribution >= 4 is 5.96 Å². The molecule has 0 bridgehead atoms. The van der Waals surface area contributed by atoms with E-state index in [2.05, 4.69) is 10.4 Å². The van der Waals surface area contributed by atoms with E-state index in [0.717, 1.165) is 0 Å². The van der Waals surface area contributed by atoms with Crippen LogP contribution in [0.25, 0.3) is 0 Å². The third-order valence-corrected chi connectivity index (χ3v) is 1.58. The van der Waals surface area contributed by atoms with Crippen LogP contribution in [-0.4, -0.2) is 23.7 Å². The number of aliphatic imine (C=N–C) groups is 1. The summed E-state index contributed by atoms with van der Waals surface area (Å²) in [6, 6.07) is 0. The average molecular weight is 174 g/mol. The zero-order valence-corrected chi connectivity index (χ0v) is 7.83. The van der Waals surface area contributed by atoms with E-state index in [9.17, 15) is 5.11 Å². The van der Waals surface area contributed by atoms with E-state index in [-0.39, 0.29) is 17.9 Å². The van der Waals surface area contributed by atoms with Crippen molar-refractivity contribution < 1.29 is 5.11 Å². The molecule has 1 unspecified atom stereocenters. The quantitative estimate of drug-likeness (QED) is 0.190. The lowest BCUT2D eigenvalue weighted by atomic mass is 9.89. The molecule has 0 aliphatic heterocycles. The number of guanidine groups is 1. The van der Waals surface area contributed by atoms with E-state index < -0.39 is 6.10 Å². The highest BCUT2D eigenvalue weighted by Crippen LogP contribution is 2.18. The van der Waals surface area contributed by atoms with Gasteiger partial charge in [0.1, 0.15) is 0 Å². The van der Waals surface area contributed by atoms with Gasteiger partial charge in [0.05, 0.1) is 12.6 Å². The van der Waals surface area contributed by atoms with Crippen LogP contribution in [-0.2, 0) is 0 Å². The molecule has 0 amide bonds. The van der Waals surface area contributed by atoms with Gasteiger partial charge in [0.25, 0.3) is 0 Å². The smallest absolute Gasteiger partial charge is 0.203 e. The molecule has 0 radical (unpaired) electrons. The van der Waals surface area contributed by atoms with Crippen molar-refractivity contribution in [1.82, 2.24) is 5.43 Å². The van der Waals surface area contributed by atoms with Crippen molar-refractivity contribution in [3.63, 3.8) is 0 Å². The van der Waals surface area contributed by atoms with Gasteiger partial charge in [-0.2, -0.15) is 0 Å². The van der Waals surface area contributed by atoms with Gasteiger partial charge in [0.2, 0.25) is 5.96 Å². The molecular formula is C7H18N4O. The van der Waals surface area contributed by atoms with Crippen LogP contribution in [0.2, 0.25) is 0 Å². The zero-order valence-electron chi connectivity index (χ0n) is 7.83. The number of aliphatic hydroxyl groups is 1. The second-order valence-corrected chi connectivity index (χ2v) is 3.75. The Morgan fingerprint density at radius 2 is 2.08 bits per heavy atom. The number of hydrogen-bond acceptors (Lipinski definition) is 3. The molecule has 72 valence electrons. The van der Waals surface area contributed by atoms with Crippen molar-refractivity contribution in [2.24, 2.45) is 22.0 Å². The highest BCUT2D eigenvalue weighted by Gasteiger charge is 2.21. The molecule has 0 fully saturated rings. The fourth-order valence-corrected chi connectivity index (χ4v) is 0.504. The highest BCUT2D eigenvalue weighted by atomic mass is 16.3. The first kappa shape index (κ1) is 11.2. The summed E-state index contributed by atoms with van der Waals surface area (Å²) in [4.78, 5) is 3.82. The van der Waals surface area contributed by atoms with Crippen molar-refractivity contribution in [2.45, 2.75) is 26.9 Å². The highest BCUT2D eigenvalue weighted by molar-refractivity contribution is 5.77. The van der Waals surface area contributed by atoms with Crippen LogP contribution in [0, 0.1) is 5.41 Å². The molecule has 5 nitrogen and oxygen atoms in total. The zero-order chi connectivity index (χ0) is 9.78. The van der Waals surface area contributed by atoms with Gasteiger partial charge < -0.3 is 10.8 Å². The van der Waals surface area contributed by atoms with Gasteiger partial charge in [0.15, 0.2) is 0 Å². The number of nitrogens with two attached hydrogens (primary N) is 2. The first-order chi connectivity index (χ1) is 5.38. The van der Waals surface area contributed by atoms with Crippen LogP contribution in [0.5, 0.6) is 0 Å². The van der Waals surface area contributed by atoms with Crippen molar-refractivity contribution in [3.05, 3.63) is 0 Å². The molecule has 0 aromatic rings. The van der Waals surface area contributed by atoms with E-state index in [0.29, 0.717) is 0 Å². The van der Waals surface area contributed by atoms with Crippen molar-refractivity contribution in [1.29, 1.82) is 0 Å². The first-order valence-corrected chi connectivity index (χ1v) is 3.82. The minimum Gasteiger partial charge on any atom is -0.391 e. The normalized spacial score (nSPS) is 15.9. The predicted octanol–water partition coefficient (Wildman–Crippen LogP) is -0.829. The largest absolute Gasteiger partial charge is 0.391 e. The number of hydrazine groups is 1. The Morgan fingerprint density at radius 3 is 2.42 bits per heavy atom. The van der Waals surface area contributed by atoms with Gasteiger partial charge in [0, 0.05) is 0 Å².